The minimum Gasteiger partial charge on any atom is -0.385 e. The zero-order chi connectivity index (χ0) is 13.3. The maximum absolute atomic E-state index is 11.0. The smallest absolute Gasteiger partial charge is 0.0942 e. The summed E-state index contributed by atoms with van der Waals surface area (Å²) in [6.07, 6.45) is 0. The fourth-order valence-corrected chi connectivity index (χ4v) is 2.77. The van der Waals surface area contributed by atoms with Gasteiger partial charge in [0.25, 0.3) is 0 Å². The first-order valence-electron chi connectivity index (χ1n) is 6.68. The minimum atomic E-state index is -0.760. The summed E-state index contributed by atoms with van der Waals surface area (Å²) in [5.74, 6) is 0.386. The number of fused-ring (bicyclic) bond motifs is 1. The van der Waals surface area contributed by atoms with Gasteiger partial charge in [0.05, 0.1) is 5.60 Å². The molecule has 1 nitrogen and oxygen atoms in total. The molecule has 0 aromatic heterocycles. The molecular weight excluding hydrogens is 220 g/mol. The molecule has 0 unspecified atom stereocenters. The lowest BCUT2D eigenvalue weighted by atomic mass is 9.75. The number of hydrogen-bond acceptors (Lipinski definition) is 1. The number of aliphatic hydroxyl groups is 1. The van der Waals surface area contributed by atoms with Crippen molar-refractivity contribution in [2.75, 3.05) is 0 Å². The van der Waals surface area contributed by atoms with Crippen LogP contribution in [0.4, 0.5) is 0 Å². The van der Waals surface area contributed by atoms with Crippen molar-refractivity contribution < 1.29 is 5.11 Å². The van der Waals surface area contributed by atoms with Crippen LogP contribution in [0.5, 0.6) is 0 Å². The molecule has 0 aliphatic rings. The van der Waals surface area contributed by atoms with Crippen LogP contribution in [-0.2, 0) is 5.60 Å². The highest BCUT2D eigenvalue weighted by molar-refractivity contribution is 5.83. The van der Waals surface area contributed by atoms with Gasteiger partial charge in [0, 0.05) is 0 Å². The third kappa shape index (κ3) is 2.04. The molecule has 96 valence electrons. The van der Waals surface area contributed by atoms with Gasteiger partial charge in [-0.1, -0.05) is 64.1 Å². The summed E-state index contributed by atoms with van der Waals surface area (Å²) in [6, 6.07) is 14.6. The molecule has 0 atom stereocenters. The molecule has 1 N–H and O–H groups in total. The van der Waals surface area contributed by atoms with Crippen LogP contribution in [0.3, 0.4) is 0 Å². The third-order valence-corrected chi connectivity index (χ3v) is 3.97. The first-order valence-corrected chi connectivity index (χ1v) is 6.68. The van der Waals surface area contributed by atoms with Crippen LogP contribution < -0.4 is 0 Å². The lowest BCUT2D eigenvalue weighted by Crippen LogP contribution is -2.37. The second-order valence-corrected chi connectivity index (χ2v) is 5.70. The molecule has 2 rings (SSSR count). The molecule has 0 amide bonds. The summed E-state index contributed by atoms with van der Waals surface area (Å²) in [6.45, 7) is 8.31. The van der Waals surface area contributed by atoms with E-state index < -0.39 is 5.60 Å². The van der Waals surface area contributed by atoms with Gasteiger partial charge in [-0.2, -0.15) is 0 Å². The molecule has 0 aliphatic carbocycles. The van der Waals surface area contributed by atoms with E-state index in [0.29, 0.717) is 0 Å². The lowest BCUT2D eigenvalue weighted by molar-refractivity contribution is -0.0530. The Labute approximate surface area is 109 Å². The quantitative estimate of drug-likeness (QED) is 0.849. The fourth-order valence-electron chi connectivity index (χ4n) is 2.77. The number of benzene rings is 2. The molecule has 0 bridgehead atoms. The molecule has 0 fully saturated rings. The molecular formula is C17H22O. The minimum absolute atomic E-state index is 0.193. The largest absolute Gasteiger partial charge is 0.385 e. The molecule has 0 spiro atoms. The van der Waals surface area contributed by atoms with Crippen LogP contribution in [-0.4, -0.2) is 5.11 Å². The van der Waals surface area contributed by atoms with Gasteiger partial charge in [0.1, 0.15) is 0 Å². The molecule has 1 heteroatoms. The van der Waals surface area contributed by atoms with Crippen molar-refractivity contribution in [3.05, 3.63) is 48.0 Å². The first kappa shape index (κ1) is 13.1. The Morgan fingerprint density at radius 2 is 1.39 bits per heavy atom. The Kier molecular flexibility index (Phi) is 3.45. The van der Waals surface area contributed by atoms with E-state index in [1.165, 1.54) is 10.8 Å². The van der Waals surface area contributed by atoms with Crippen LogP contribution in [0.25, 0.3) is 10.8 Å². The lowest BCUT2D eigenvalue weighted by Gasteiger charge is -2.37. The van der Waals surface area contributed by atoms with Crippen molar-refractivity contribution in [2.24, 2.45) is 11.8 Å². The van der Waals surface area contributed by atoms with Gasteiger partial charge in [-0.05, 0) is 34.2 Å². The Balaban J connectivity index is 2.58. The third-order valence-electron chi connectivity index (χ3n) is 3.97. The summed E-state index contributed by atoms with van der Waals surface area (Å²) >= 11 is 0. The predicted octanol–water partition coefficient (Wildman–Crippen LogP) is 4.34. The van der Waals surface area contributed by atoms with E-state index in [1.807, 2.05) is 12.1 Å². The van der Waals surface area contributed by atoms with Crippen molar-refractivity contribution in [3.8, 4) is 0 Å². The maximum atomic E-state index is 11.0. The Morgan fingerprint density at radius 3 is 1.94 bits per heavy atom. The van der Waals surface area contributed by atoms with Crippen LogP contribution in [0.1, 0.15) is 33.3 Å². The van der Waals surface area contributed by atoms with Crippen molar-refractivity contribution in [2.45, 2.75) is 33.3 Å². The van der Waals surface area contributed by atoms with Gasteiger partial charge in [0.2, 0.25) is 0 Å². The fraction of sp³-hybridized carbons (Fsp3) is 0.412. The standard InChI is InChI=1S/C17H22O/c1-12(2)17(18,13(3)4)16-10-9-14-7-5-6-8-15(14)11-16/h5-13,18H,1-4H3. The molecule has 2 aromatic rings. The summed E-state index contributed by atoms with van der Waals surface area (Å²) < 4.78 is 0. The Hall–Kier alpha value is -1.34. The normalized spacial score (nSPS) is 12.6. The highest BCUT2D eigenvalue weighted by atomic mass is 16.3. The molecule has 0 aliphatic heterocycles. The average Bonchev–Trinajstić information content (AvgIpc) is 2.36. The van der Waals surface area contributed by atoms with Crippen molar-refractivity contribution >= 4 is 10.8 Å². The number of rotatable bonds is 3. The predicted molar refractivity (Wildman–Crippen MR) is 77.5 cm³/mol. The molecule has 0 heterocycles. The summed E-state index contributed by atoms with van der Waals surface area (Å²) in [4.78, 5) is 0. The van der Waals surface area contributed by atoms with Crippen molar-refractivity contribution in [3.63, 3.8) is 0 Å². The second-order valence-electron chi connectivity index (χ2n) is 5.70. The highest BCUT2D eigenvalue weighted by Gasteiger charge is 2.36. The average molecular weight is 242 g/mol. The van der Waals surface area contributed by atoms with Crippen LogP contribution >= 0.6 is 0 Å². The van der Waals surface area contributed by atoms with Crippen LogP contribution in [0.15, 0.2) is 42.5 Å². The first-order chi connectivity index (χ1) is 8.46. The van der Waals surface area contributed by atoms with Crippen molar-refractivity contribution in [1.82, 2.24) is 0 Å². The van der Waals surface area contributed by atoms with Gasteiger partial charge in [-0.3, -0.25) is 0 Å². The van der Waals surface area contributed by atoms with E-state index in [0.717, 1.165) is 5.56 Å². The van der Waals surface area contributed by atoms with E-state index in [2.05, 4.69) is 58.0 Å². The Morgan fingerprint density at radius 1 is 0.833 bits per heavy atom. The topological polar surface area (TPSA) is 20.2 Å². The molecule has 18 heavy (non-hydrogen) atoms. The molecule has 2 aromatic carbocycles. The molecule has 0 saturated carbocycles. The summed E-state index contributed by atoms with van der Waals surface area (Å²) in [5, 5.41) is 13.4. The van der Waals surface area contributed by atoms with Gasteiger partial charge in [0.15, 0.2) is 0 Å². The van der Waals surface area contributed by atoms with Crippen LogP contribution in [0, 0.1) is 11.8 Å². The zero-order valence-electron chi connectivity index (χ0n) is 11.6. The maximum Gasteiger partial charge on any atom is 0.0942 e. The SMILES string of the molecule is CC(C)C(O)(c1ccc2ccccc2c1)C(C)C. The van der Waals surface area contributed by atoms with E-state index >= 15 is 0 Å². The van der Waals surface area contributed by atoms with Gasteiger partial charge < -0.3 is 5.11 Å². The number of hydrogen-bond donors (Lipinski definition) is 1. The summed E-state index contributed by atoms with van der Waals surface area (Å²) in [7, 11) is 0. The molecule has 0 radical (unpaired) electrons. The zero-order valence-corrected chi connectivity index (χ0v) is 11.6. The van der Waals surface area contributed by atoms with Crippen molar-refractivity contribution in [1.29, 1.82) is 0 Å². The van der Waals surface area contributed by atoms with E-state index in [-0.39, 0.29) is 11.8 Å². The van der Waals surface area contributed by atoms with Crippen LogP contribution in [0.2, 0.25) is 0 Å². The van der Waals surface area contributed by atoms with Gasteiger partial charge in [-0.15, -0.1) is 0 Å². The molecule has 0 saturated heterocycles. The second kappa shape index (κ2) is 4.74. The van der Waals surface area contributed by atoms with E-state index in [1.54, 1.807) is 0 Å². The van der Waals surface area contributed by atoms with E-state index in [9.17, 15) is 5.11 Å². The highest BCUT2D eigenvalue weighted by Crippen LogP contribution is 2.37. The monoisotopic (exact) mass is 242 g/mol. The Bertz CT molecular complexity index is 532. The van der Waals surface area contributed by atoms with Gasteiger partial charge >= 0.3 is 0 Å². The van der Waals surface area contributed by atoms with Gasteiger partial charge in [-0.25, -0.2) is 0 Å². The van der Waals surface area contributed by atoms with E-state index in [4.69, 9.17) is 0 Å². The summed E-state index contributed by atoms with van der Waals surface area (Å²) in [5.41, 5.74) is 0.260.